The lowest BCUT2D eigenvalue weighted by molar-refractivity contribution is -0.718. The number of nitrogens with one attached hydrogen (secondary N) is 2. The van der Waals surface area contributed by atoms with Gasteiger partial charge >= 0.3 is 16.0 Å². The van der Waals surface area contributed by atoms with Crippen molar-refractivity contribution in [1.29, 1.82) is 0 Å². The van der Waals surface area contributed by atoms with Crippen molar-refractivity contribution in [3.05, 3.63) is 56.1 Å². The van der Waals surface area contributed by atoms with Gasteiger partial charge < -0.3 is 10.6 Å². The molecule has 0 aliphatic carbocycles. The number of aromatic nitrogens is 6. The van der Waals surface area contributed by atoms with Gasteiger partial charge in [-0.1, -0.05) is 25.7 Å². The van der Waals surface area contributed by atoms with Crippen LogP contribution in [0.2, 0.25) is 0 Å². The minimum absolute atomic E-state index is 0.181. The van der Waals surface area contributed by atoms with Gasteiger partial charge in [0.25, 0.3) is 5.56 Å². The van der Waals surface area contributed by atoms with Crippen molar-refractivity contribution in [2.45, 2.75) is 108 Å². The molecule has 246 valence electrons. The van der Waals surface area contributed by atoms with Crippen LogP contribution in [-0.2, 0) is 27.2 Å². The quantitative estimate of drug-likeness (QED) is 0.266. The van der Waals surface area contributed by atoms with E-state index < -0.39 is 0 Å². The first kappa shape index (κ1) is 35.0. The van der Waals surface area contributed by atoms with Gasteiger partial charge in [-0.3, -0.25) is 13.9 Å². The number of fused-ring (bicyclic) bond motifs is 6. The third-order valence-corrected chi connectivity index (χ3v) is 10.7. The van der Waals surface area contributed by atoms with E-state index in [2.05, 4.69) is 59.8 Å². The van der Waals surface area contributed by atoms with Gasteiger partial charge in [-0.2, -0.15) is 0 Å². The first-order chi connectivity index (χ1) is 21.7. The number of hydrogen-bond acceptors (Lipinski definition) is 8. The van der Waals surface area contributed by atoms with Gasteiger partial charge in [0.15, 0.2) is 0 Å². The van der Waals surface area contributed by atoms with E-state index in [1.165, 1.54) is 28.8 Å². The fourth-order valence-electron chi connectivity index (χ4n) is 5.42. The number of anilines is 2. The van der Waals surface area contributed by atoms with Gasteiger partial charge in [-0.25, -0.2) is 13.9 Å². The molecular weight excluding hydrogens is 605 g/mol. The molecule has 3 aromatic rings. The Morgan fingerprint density at radius 3 is 1.62 bits per heavy atom. The molecule has 1 aliphatic heterocycles. The second-order valence-electron chi connectivity index (χ2n) is 12.0. The molecule has 2 N–H and O–H groups in total. The summed E-state index contributed by atoms with van der Waals surface area (Å²) in [6.07, 6.45) is 10.3. The summed E-state index contributed by atoms with van der Waals surface area (Å²) in [5.74, 6) is 3.79. The van der Waals surface area contributed by atoms with Crippen molar-refractivity contribution in [3.8, 4) is 0 Å². The molecule has 0 unspecified atom stereocenters. The van der Waals surface area contributed by atoms with E-state index in [4.69, 9.17) is 9.97 Å². The molecule has 0 spiro atoms. The number of rotatable bonds is 0. The van der Waals surface area contributed by atoms with Crippen LogP contribution in [0.25, 0.3) is 0 Å². The van der Waals surface area contributed by atoms with E-state index in [0.29, 0.717) is 13.1 Å². The molecule has 1 aliphatic rings. The molecule has 6 bridgehead atoms. The molecule has 0 saturated heterocycles. The second kappa shape index (κ2) is 17.7. The Bertz CT molecular complexity index is 1540. The highest BCUT2D eigenvalue weighted by Crippen LogP contribution is 2.19. The zero-order valence-electron chi connectivity index (χ0n) is 27.9. The van der Waals surface area contributed by atoms with Crippen LogP contribution in [0.5, 0.6) is 0 Å². The maximum atomic E-state index is 13.3. The topological polar surface area (TPSA) is 102 Å². The average Bonchev–Trinajstić information content (AvgIpc) is 3.00. The van der Waals surface area contributed by atoms with E-state index in [0.717, 1.165) is 104 Å². The lowest BCUT2D eigenvalue weighted by Crippen LogP contribution is -2.40. The normalized spacial score (nSPS) is 16.8. The van der Waals surface area contributed by atoms with Crippen LogP contribution < -0.4 is 31.0 Å². The van der Waals surface area contributed by atoms with Crippen LogP contribution in [0.3, 0.4) is 0 Å². The highest BCUT2D eigenvalue weighted by molar-refractivity contribution is 7.99. The summed E-state index contributed by atoms with van der Waals surface area (Å²) in [6.45, 7) is 9.02. The van der Waals surface area contributed by atoms with Crippen molar-refractivity contribution in [2.24, 2.45) is 14.1 Å². The summed E-state index contributed by atoms with van der Waals surface area (Å²) in [6, 6.07) is 5.84. The van der Waals surface area contributed by atoms with Crippen molar-refractivity contribution < 1.29 is 9.13 Å². The molecule has 45 heavy (non-hydrogen) atoms. The average molecular weight is 657 g/mol. The van der Waals surface area contributed by atoms with Gasteiger partial charge in [0.05, 0.1) is 14.1 Å². The zero-order chi connectivity index (χ0) is 32.2. The third kappa shape index (κ3) is 10.3. The van der Waals surface area contributed by atoms with Crippen LogP contribution in [0.4, 0.5) is 11.6 Å². The largest absolute Gasteiger partial charge is 0.361 e. The van der Waals surface area contributed by atoms with E-state index in [-0.39, 0.29) is 11.2 Å². The number of hydrogen-bond donors (Lipinski definition) is 2. The minimum Gasteiger partial charge on any atom is -0.349 e. The highest BCUT2D eigenvalue weighted by Gasteiger charge is 2.18. The lowest BCUT2D eigenvalue weighted by Gasteiger charge is -2.13. The number of thioether (sulfide) groups is 2. The maximum absolute atomic E-state index is 13.3. The van der Waals surface area contributed by atoms with Gasteiger partial charge in [-0.05, 0) is 92.8 Å². The summed E-state index contributed by atoms with van der Waals surface area (Å²) < 4.78 is 7.49. The van der Waals surface area contributed by atoms with Gasteiger partial charge in [0.2, 0.25) is 11.6 Å². The Morgan fingerprint density at radius 1 is 0.644 bits per heavy atom. The molecule has 10 nitrogen and oxygen atoms in total. The van der Waals surface area contributed by atoms with Crippen molar-refractivity contribution in [1.82, 2.24) is 19.1 Å². The Hall–Kier alpha value is -2.86. The predicted octanol–water partition coefficient (Wildman–Crippen LogP) is 4.70. The summed E-state index contributed by atoms with van der Waals surface area (Å²) in [7, 11) is 4.14. The third-order valence-electron chi connectivity index (χ3n) is 8.47. The molecule has 0 fully saturated rings. The number of aryl methyl sites for hydroxylation is 3. The van der Waals surface area contributed by atoms with Crippen LogP contribution in [0, 0.1) is 20.8 Å². The van der Waals surface area contributed by atoms with Crippen LogP contribution >= 0.6 is 23.5 Å². The van der Waals surface area contributed by atoms with Crippen LogP contribution in [-0.4, -0.2) is 43.7 Å². The Morgan fingerprint density at radius 2 is 1.11 bits per heavy atom. The SMILES string of the molecule is Cc1cc(=O)n2c(=O)n1CCCCCSc1nc(cc(C)[n+]1C)NCCCCCCNc1cc(C)[n+](C)c(n1)SCCCCC2. The fraction of sp³-hybridized carbons (Fsp3) is 0.636. The standard InChI is InChI=1S/C33H50N8O2S2/c1-25-22-28-34-16-10-6-7-11-17-35-29-23-26(2)39(5)32(37-29)45-21-15-9-13-19-41-30(42)24-27(3)40(33(41)43)18-12-8-14-20-44-31(36-28)38(25)4/h22-24H,6-21H2,1-5H3/p+2. The summed E-state index contributed by atoms with van der Waals surface area (Å²) in [5, 5.41) is 9.09. The maximum Gasteiger partial charge on any atom is 0.361 e. The molecule has 12 heteroatoms. The summed E-state index contributed by atoms with van der Waals surface area (Å²) in [5.41, 5.74) is 2.72. The van der Waals surface area contributed by atoms with E-state index in [9.17, 15) is 9.59 Å². The molecule has 0 saturated carbocycles. The molecule has 0 aromatic carbocycles. The predicted molar refractivity (Wildman–Crippen MR) is 185 cm³/mol. The minimum atomic E-state index is -0.196. The van der Waals surface area contributed by atoms with Gasteiger partial charge in [0.1, 0.15) is 11.4 Å². The molecule has 0 atom stereocenters. The number of nitrogens with zero attached hydrogens (tertiary/aromatic N) is 6. The second-order valence-corrected chi connectivity index (χ2v) is 14.2. The van der Waals surface area contributed by atoms with E-state index >= 15 is 0 Å². The zero-order valence-corrected chi connectivity index (χ0v) is 29.5. The van der Waals surface area contributed by atoms with Gasteiger partial charge in [0, 0.05) is 61.6 Å². The van der Waals surface area contributed by atoms with Crippen molar-refractivity contribution in [2.75, 3.05) is 35.2 Å². The van der Waals surface area contributed by atoms with Gasteiger partial charge in [-0.15, -0.1) is 0 Å². The van der Waals surface area contributed by atoms with Crippen LogP contribution in [0.15, 0.2) is 38.1 Å². The Labute approximate surface area is 276 Å². The molecule has 0 amide bonds. The van der Waals surface area contributed by atoms with E-state index in [1.807, 2.05) is 6.92 Å². The molecule has 3 aromatic heterocycles. The summed E-state index contributed by atoms with van der Waals surface area (Å²) >= 11 is 3.55. The molecule has 4 heterocycles. The van der Waals surface area contributed by atoms with E-state index in [1.54, 1.807) is 34.2 Å². The van der Waals surface area contributed by atoms with Crippen LogP contribution in [0.1, 0.15) is 81.3 Å². The molecular formula is C33H52N8O2S2+2. The highest BCUT2D eigenvalue weighted by atomic mass is 32.2. The van der Waals surface area contributed by atoms with Crippen molar-refractivity contribution in [3.63, 3.8) is 0 Å². The Balaban J connectivity index is 1.42. The van der Waals surface area contributed by atoms with Crippen molar-refractivity contribution >= 4 is 35.2 Å². The molecule has 4 rings (SSSR count). The lowest BCUT2D eigenvalue weighted by atomic mass is 10.2. The molecule has 0 radical (unpaired) electrons. The smallest absolute Gasteiger partial charge is 0.349 e. The fourth-order valence-corrected chi connectivity index (χ4v) is 7.48. The summed E-state index contributed by atoms with van der Waals surface area (Å²) in [4.78, 5) is 35.7. The first-order valence-electron chi connectivity index (χ1n) is 16.5. The first-order valence-corrected chi connectivity index (χ1v) is 18.5. The Kier molecular flexibility index (Phi) is 13.8. The monoisotopic (exact) mass is 656 g/mol.